The Morgan fingerprint density at radius 1 is 1.20 bits per heavy atom. The lowest BCUT2D eigenvalue weighted by molar-refractivity contribution is -0.125. The molecule has 1 aliphatic heterocycles. The third-order valence-corrected chi connectivity index (χ3v) is 6.03. The molecule has 0 radical (unpaired) electrons. The molecule has 158 valence electrons. The maximum absolute atomic E-state index is 13.0. The first-order valence-electron chi connectivity index (χ1n) is 10.5. The molecule has 3 atom stereocenters. The van der Waals surface area contributed by atoms with Crippen molar-refractivity contribution in [3.8, 4) is 0 Å². The average molecular weight is 409 g/mol. The number of carbonyl (C=O) groups excluding carboxylic acids is 3. The standard InChI is InChI=1S/C22H27N5O3/c1-2-27-19(8-9-24-27)22(30)26-13-17-10-16(11-18(17)25-20(28)14-26)21(29)23-12-15-6-4-3-5-7-15/h3-9,16-18H,2,10-14H2,1H3,(H,23,29)(H,25,28)/t16-,17+,18+/m0/s1. The molecule has 1 saturated heterocycles. The molecule has 30 heavy (non-hydrogen) atoms. The predicted octanol–water partition coefficient (Wildman–Crippen LogP) is 1.19. The van der Waals surface area contributed by atoms with E-state index in [1.54, 1.807) is 21.8 Å². The number of rotatable bonds is 5. The molecule has 2 aromatic rings. The van der Waals surface area contributed by atoms with Gasteiger partial charge in [-0.1, -0.05) is 30.3 Å². The molecule has 0 bridgehead atoms. The second-order valence-corrected chi connectivity index (χ2v) is 8.02. The van der Waals surface area contributed by atoms with Crippen molar-refractivity contribution in [1.29, 1.82) is 0 Å². The van der Waals surface area contributed by atoms with Crippen LogP contribution in [-0.2, 0) is 22.7 Å². The summed E-state index contributed by atoms with van der Waals surface area (Å²) in [7, 11) is 0. The maximum Gasteiger partial charge on any atom is 0.272 e. The molecule has 2 aliphatic rings. The maximum atomic E-state index is 13.0. The van der Waals surface area contributed by atoms with Gasteiger partial charge in [0.1, 0.15) is 5.69 Å². The number of benzene rings is 1. The van der Waals surface area contributed by atoms with Crippen molar-refractivity contribution in [2.75, 3.05) is 13.1 Å². The quantitative estimate of drug-likeness (QED) is 0.775. The summed E-state index contributed by atoms with van der Waals surface area (Å²) < 4.78 is 1.64. The number of hydrogen-bond donors (Lipinski definition) is 2. The molecule has 8 heteroatoms. The summed E-state index contributed by atoms with van der Waals surface area (Å²) in [5.74, 6) is -0.472. The van der Waals surface area contributed by atoms with Gasteiger partial charge in [0.15, 0.2) is 0 Å². The van der Waals surface area contributed by atoms with Gasteiger partial charge in [-0.3, -0.25) is 19.1 Å². The highest BCUT2D eigenvalue weighted by atomic mass is 16.2. The van der Waals surface area contributed by atoms with Crippen molar-refractivity contribution in [1.82, 2.24) is 25.3 Å². The van der Waals surface area contributed by atoms with Crippen molar-refractivity contribution in [3.05, 3.63) is 53.9 Å². The fraction of sp³-hybridized carbons (Fsp3) is 0.455. The van der Waals surface area contributed by atoms with Crippen molar-refractivity contribution in [3.63, 3.8) is 0 Å². The predicted molar refractivity (Wildman–Crippen MR) is 110 cm³/mol. The summed E-state index contributed by atoms with van der Waals surface area (Å²) >= 11 is 0. The number of aryl methyl sites for hydroxylation is 1. The fourth-order valence-corrected chi connectivity index (χ4v) is 4.50. The Kier molecular flexibility index (Phi) is 5.83. The van der Waals surface area contributed by atoms with Crippen molar-refractivity contribution >= 4 is 17.7 Å². The number of carbonyl (C=O) groups is 3. The highest BCUT2D eigenvalue weighted by molar-refractivity contribution is 5.95. The van der Waals surface area contributed by atoms with Gasteiger partial charge in [-0.15, -0.1) is 0 Å². The van der Waals surface area contributed by atoms with E-state index in [1.165, 1.54) is 0 Å². The second kappa shape index (κ2) is 8.69. The van der Waals surface area contributed by atoms with Crippen molar-refractivity contribution in [2.45, 2.75) is 38.9 Å². The van der Waals surface area contributed by atoms with Gasteiger partial charge in [-0.05, 0) is 37.3 Å². The summed E-state index contributed by atoms with van der Waals surface area (Å²) in [6.07, 6.45) is 2.86. The van der Waals surface area contributed by atoms with E-state index < -0.39 is 0 Å². The molecule has 1 aromatic carbocycles. The molecule has 2 heterocycles. The van der Waals surface area contributed by atoms with E-state index in [9.17, 15) is 14.4 Å². The Bertz CT molecular complexity index is 926. The summed E-state index contributed by atoms with van der Waals surface area (Å²) in [5, 5.41) is 10.2. The second-order valence-electron chi connectivity index (χ2n) is 8.02. The van der Waals surface area contributed by atoms with Crippen LogP contribution in [0.5, 0.6) is 0 Å². The summed E-state index contributed by atoms with van der Waals surface area (Å²) in [6, 6.07) is 11.4. The molecule has 8 nitrogen and oxygen atoms in total. The van der Waals surface area contributed by atoms with Crippen LogP contribution < -0.4 is 10.6 Å². The Morgan fingerprint density at radius 2 is 2.00 bits per heavy atom. The lowest BCUT2D eigenvalue weighted by atomic mass is 10.0. The fourth-order valence-electron chi connectivity index (χ4n) is 4.50. The van der Waals surface area contributed by atoms with E-state index in [0.29, 0.717) is 38.2 Å². The summed E-state index contributed by atoms with van der Waals surface area (Å²) in [4.78, 5) is 39.7. The van der Waals surface area contributed by atoms with Crippen LogP contribution >= 0.6 is 0 Å². The van der Waals surface area contributed by atoms with E-state index in [2.05, 4.69) is 15.7 Å². The van der Waals surface area contributed by atoms with Gasteiger partial charge in [0.2, 0.25) is 11.8 Å². The molecular weight excluding hydrogens is 382 g/mol. The Hall–Kier alpha value is -3.16. The Balaban J connectivity index is 1.40. The van der Waals surface area contributed by atoms with Crippen LogP contribution in [0, 0.1) is 11.8 Å². The largest absolute Gasteiger partial charge is 0.352 e. The molecule has 2 N–H and O–H groups in total. The lowest BCUT2D eigenvalue weighted by Gasteiger charge is -2.23. The van der Waals surface area contributed by atoms with E-state index in [4.69, 9.17) is 0 Å². The van der Waals surface area contributed by atoms with Gasteiger partial charge in [-0.25, -0.2) is 0 Å². The van der Waals surface area contributed by atoms with Crippen molar-refractivity contribution in [2.24, 2.45) is 11.8 Å². The minimum atomic E-state index is -0.192. The van der Waals surface area contributed by atoms with Gasteiger partial charge in [0.25, 0.3) is 5.91 Å². The number of nitrogens with one attached hydrogen (secondary N) is 2. The highest BCUT2D eigenvalue weighted by Crippen LogP contribution is 2.33. The van der Waals surface area contributed by atoms with Crippen LogP contribution in [0.3, 0.4) is 0 Å². The lowest BCUT2D eigenvalue weighted by Crippen LogP contribution is -2.40. The molecule has 0 spiro atoms. The topological polar surface area (TPSA) is 96.3 Å². The molecule has 3 amide bonds. The molecule has 0 unspecified atom stereocenters. The average Bonchev–Trinajstić information content (AvgIpc) is 3.35. The van der Waals surface area contributed by atoms with E-state index in [0.717, 1.165) is 5.56 Å². The number of amides is 3. The Morgan fingerprint density at radius 3 is 2.77 bits per heavy atom. The zero-order valence-corrected chi connectivity index (χ0v) is 17.1. The van der Waals surface area contributed by atoms with Gasteiger partial charge >= 0.3 is 0 Å². The van der Waals surface area contributed by atoms with Crippen LogP contribution in [0.1, 0.15) is 35.8 Å². The van der Waals surface area contributed by atoms with Crippen molar-refractivity contribution < 1.29 is 14.4 Å². The molecule has 1 aromatic heterocycles. The van der Waals surface area contributed by atoms with Crippen LogP contribution in [0.4, 0.5) is 0 Å². The van der Waals surface area contributed by atoms with Gasteiger partial charge in [0, 0.05) is 37.8 Å². The zero-order valence-electron chi connectivity index (χ0n) is 17.1. The van der Waals surface area contributed by atoms with E-state index in [-0.39, 0.29) is 42.1 Å². The zero-order chi connectivity index (χ0) is 21.1. The number of aromatic nitrogens is 2. The normalized spacial score (nSPS) is 23.4. The van der Waals surface area contributed by atoms with Crippen LogP contribution in [0.2, 0.25) is 0 Å². The van der Waals surface area contributed by atoms with Gasteiger partial charge < -0.3 is 15.5 Å². The third-order valence-electron chi connectivity index (χ3n) is 6.03. The van der Waals surface area contributed by atoms with Gasteiger partial charge in [-0.2, -0.15) is 5.10 Å². The molecule has 1 aliphatic carbocycles. The van der Waals surface area contributed by atoms with Crippen LogP contribution in [0.25, 0.3) is 0 Å². The van der Waals surface area contributed by atoms with E-state index in [1.807, 2.05) is 37.3 Å². The first-order valence-corrected chi connectivity index (χ1v) is 10.5. The number of nitrogens with zero attached hydrogens (tertiary/aromatic N) is 3. The first kappa shape index (κ1) is 20.1. The SMILES string of the molecule is CCn1nccc1C(=O)N1CC(=O)N[C@@H]2C[C@@H](C(=O)NCc3ccccc3)C[C@@H]2C1. The monoisotopic (exact) mass is 409 g/mol. The summed E-state index contributed by atoms with van der Waals surface area (Å²) in [6.45, 7) is 3.49. The molecule has 1 saturated carbocycles. The Labute approximate surface area is 175 Å². The third kappa shape index (κ3) is 4.22. The minimum Gasteiger partial charge on any atom is -0.352 e. The molecule has 2 fully saturated rings. The minimum absolute atomic E-state index is 0.00288. The van der Waals surface area contributed by atoms with Gasteiger partial charge in [0.05, 0.1) is 6.54 Å². The van der Waals surface area contributed by atoms with Crippen LogP contribution in [-0.4, -0.2) is 51.5 Å². The molecule has 4 rings (SSSR count). The van der Waals surface area contributed by atoms with Crippen LogP contribution in [0.15, 0.2) is 42.6 Å². The number of fused-ring (bicyclic) bond motifs is 1. The summed E-state index contributed by atoms with van der Waals surface area (Å²) in [5.41, 5.74) is 1.54. The van der Waals surface area contributed by atoms with E-state index >= 15 is 0 Å². The smallest absolute Gasteiger partial charge is 0.272 e. The first-order chi connectivity index (χ1) is 14.5. The number of hydrogen-bond acceptors (Lipinski definition) is 4. The highest BCUT2D eigenvalue weighted by Gasteiger charge is 2.42. The molecular formula is C22H27N5O3.